The number of halogens is 5. The third-order valence-corrected chi connectivity index (χ3v) is 13.4. The number of hydrazine groups is 1. The molecule has 0 unspecified atom stereocenters. The fraction of sp³-hybridized carbons (Fsp3) is 0.311. The van der Waals surface area contributed by atoms with Crippen LogP contribution in [0.4, 0.5) is 30.4 Å². The molecular formula is C45H38Cl2F3N5O6. The SMILES string of the molecule is C=CCc1cccc([C@H]2C3=CC[C@@H]4C(=O)N(c5ccc(N6CCOCC6)cc5)C(=O)[C@@H]4[C@@H]3C[C@H]3C(=O)N(Nc4ncc(C(F)(F)F)cc4Cl)C(=O)[C@@]23c2ccc(Cl)cc2)c1O. The number of nitrogens with zero attached hydrogens (tertiary/aromatic N) is 4. The second-order valence-electron chi connectivity index (χ2n) is 15.9. The van der Waals surface area contributed by atoms with Crippen molar-refractivity contribution in [1.82, 2.24) is 9.99 Å². The lowest BCUT2D eigenvalue weighted by Gasteiger charge is -2.50. The summed E-state index contributed by atoms with van der Waals surface area (Å²) in [5, 5.41) is 12.6. The summed E-state index contributed by atoms with van der Waals surface area (Å²) in [6.07, 6.45) is -0.406. The van der Waals surface area contributed by atoms with Crippen molar-refractivity contribution in [2.75, 3.05) is 41.5 Å². The number of ether oxygens (including phenoxy) is 1. The van der Waals surface area contributed by atoms with Crippen molar-refractivity contribution in [1.29, 1.82) is 0 Å². The van der Waals surface area contributed by atoms with Crippen LogP contribution in [0.5, 0.6) is 5.75 Å². The first-order chi connectivity index (χ1) is 29.2. The molecule has 4 heterocycles. The number of phenols is 1. The molecule has 3 saturated heterocycles. The van der Waals surface area contributed by atoms with E-state index in [2.05, 4.69) is 21.9 Å². The standard InChI is InChI=1S/C45H38Cl2F3N5O6/c1-2-4-24-5-3-6-32(38(24)56)37-30-15-16-31-36(42(59)54(40(31)57)29-13-11-28(12-14-29)53-17-19-61-20-18-53)33(30)22-34-41(58)55(43(60)44(34,37)25-7-9-27(46)10-8-25)52-39-35(47)21-26(23-51-39)45(48,49)50/h2-3,5-15,21,23,31,33-34,36-37,56H,1,4,16-20,22H2,(H,51,52)/t31-,33+,34-,36-,37+,44+/m0/s1. The number of pyridine rings is 1. The van der Waals surface area contributed by atoms with Crippen molar-refractivity contribution in [2.45, 2.75) is 36.8 Å². The zero-order valence-corrected chi connectivity index (χ0v) is 33.9. The Kier molecular flexibility index (Phi) is 10.2. The molecule has 61 heavy (non-hydrogen) atoms. The summed E-state index contributed by atoms with van der Waals surface area (Å²) in [7, 11) is 0. The number of imide groups is 2. The van der Waals surface area contributed by atoms with Crippen molar-refractivity contribution in [3.63, 3.8) is 0 Å². The molecule has 2 aliphatic carbocycles. The topological polar surface area (TPSA) is 132 Å². The number of hydrogen-bond donors (Lipinski definition) is 2. The van der Waals surface area contributed by atoms with E-state index in [0.717, 1.165) is 10.7 Å². The maximum atomic E-state index is 15.5. The number of benzene rings is 3. The summed E-state index contributed by atoms with van der Waals surface area (Å²) in [4.78, 5) is 66.9. The number of anilines is 3. The minimum absolute atomic E-state index is 0.0704. The van der Waals surface area contributed by atoms with Gasteiger partial charge in [0.2, 0.25) is 11.8 Å². The van der Waals surface area contributed by atoms with E-state index >= 15 is 9.59 Å². The second kappa shape index (κ2) is 15.3. The van der Waals surface area contributed by atoms with Crippen LogP contribution in [0.2, 0.25) is 10.0 Å². The van der Waals surface area contributed by atoms with E-state index in [1.54, 1.807) is 60.7 Å². The predicted octanol–water partition coefficient (Wildman–Crippen LogP) is 7.87. The molecule has 0 bridgehead atoms. The Labute approximate surface area is 358 Å². The molecule has 16 heteroatoms. The number of nitrogens with one attached hydrogen (secondary N) is 1. The van der Waals surface area contributed by atoms with Gasteiger partial charge < -0.3 is 14.7 Å². The highest BCUT2D eigenvalue weighted by molar-refractivity contribution is 6.33. The van der Waals surface area contributed by atoms with Gasteiger partial charge in [0.1, 0.15) is 5.75 Å². The summed E-state index contributed by atoms with van der Waals surface area (Å²) in [6.45, 7) is 6.41. The molecule has 2 N–H and O–H groups in total. The zero-order valence-electron chi connectivity index (χ0n) is 32.4. The first kappa shape index (κ1) is 40.7. The average molecular weight is 873 g/mol. The maximum Gasteiger partial charge on any atom is 0.417 e. The van der Waals surface area contributed by atoms with Gasteiger partial charge in [-0.3, -0.25) is 29.5 Å². The van der Waals surface area contributed by atoms with Crippen LogP contribution in [0.1, 0.15) is 41.0 Å². The van der Waals surface area contributed by atoms with Gasteiger partial charge >= 0.3 is 6.18 Å². The Morgan fingerprint density at radius 3 is 2.31 bits per heavy atom. The number of aromatic nitrogens is 1. The molecule has 0 spiro atoms. The molecule has 3 aromatic carbocycles. The Morgan fingerprint density at radius 1 is 0.934 bits per heavy atom. The number of hydrogen-bond acceptors (Lipinski definition) is 9. The third kappa shape index (κ3) is 6.49. The fourth-order valence-corrected chi connectivity index (χ4v) is 10.5. The van der Waals surface area contributed by atoms with Crippen LogP contribution in [0.3, 0.4) is 0 Å². The molecule has 9 rings (SSSR count). The Balaban J connectivity index is 1.18. The Morgan fingerprint density at radius 2 is 1.64 bits per heavy atom. The van der Waals surface area contributed by atoms with E-state index in [4.69, 9.17) is 27.9 Å². The molecule has 4 amide bonds. The first-order valence-corrected chi connectivity index (χ1v) is 20.6. The minimum Gasteiger partial charge on any atom is -0.507 e. The quantitative estimate of drug-likeness (QED) is 0.134. The Bertz CT molecular complexity index is 2510. The van der Waals surface area contributed by atoms with E-state index in [9.17, 15) is 27.9 Å². The van der Waals surface area contributed by atoms with E-state index < -0.39 is 69.5 Å². The maximum absolute atomic E-state index is 15.5. The molecule has 4 aromatic rings. The number of fused-ring (bicyclic) bond motifs is 4. The highest BCUT2D eigenvalue weighted by Crippen LogP contribution is 2.65. The van der Waals surface area contributed by atoms with Crippen molar-refractivity contribution in [3.05, 3.63) is 136 Å². The van der Waals surface area contributed by atoms with Crippen molar-refractivity contribution in [3.8, 4) is 5.75 Å². The van der Waals surface area contributed by atoms with Crippen LogP contribution >= 0.6 is 23.2 Å². The van der Waals surface area contributed by atoms with Gasteiger partial charge in [0.05, 0.1) is 52.7 Å². The van der Waals surface area contributed by atoms with Gasteiger partial charge in [-0.1, -0.05) is 71.3 Å². The summed E-state index contributed by atoms with van der Waals surface area (Å²) in [5.74, 6) is -7.69. The lowest BCUT2D eigenvalue weighted by atomic mass is 9.49. The van der Waals surface area contributed by atoms with Crippen LogP contribution in [-0.2, 0) is 41.9 Å². The van der Waals surface area contributed by atoms with E-state index in [0.29, 0.717) is 71.5 Å². The predicted molar refractivity (Wildman–Crippen MR) is 221 cm³/mol. The molecule has 1 aromatic heterocycles. The Hall–Kier alpha value is -5.70. The van der Waals surface area contributed by atoms with Gasteiger partial charge in [-0.2, -0.15) is 18.2 Å². The fourth-order valence-electron chi connectivity index (χ4n) is 10.2. The smallest absolute Gasteiger partial charge is 0.417 e. The van der Waals surface area contributed by atoms with E-state index in [-0.39, 0.29) is 36.7 Å². The molecule has 0 radical (unpaired) electrons. The lowest BCUT2D eigenvalue weighted by Crippen LogP contribution is -2.53. The summed E-state index contributed by atoms with van der Waals surface area (Å²) in [6, 6.07) is 19.4. The van der Waals surface area contributed by atoms with Crippen molar-refractivity contribution in [2.24, 2.45) is 23.7 Å². The van der Waals surface area contributed by atoms with Gasteiger partial charge in [0, 0.05) is 41.5 Å². The van der Waals surface area contributed by atoms with Crippen LogP contribution in [-0.4, -0.2) is 65.0 Å². The highest BCUT2D eigenvalue weighted by Gasteiger charge is 2.71. The van der Waals surface area contributed by atoms with E-state index in [1.807, 2.05) is 18.2 Å². The summed E-state index contributed by atoms with van der Waals surface area (Å²) >= 11 is 12.7. The van der Waals surface area contributed by atoms with Crippen molar-refractivity contribution >= 4 is 64.0 Å². The molecule has 4 fully saturated rings. The molecule has 5 aliphatic rings. The number of aromatic hydroxyl groups is 1. The molecule has 1 saturated carbocycles. The van der Waals surface area contributed by atoms with Gasteiger partial charge in [0.15, 0.2) is 5.82 Å². The van der Waals surface area contributed by atoms with Crippen LogP contribution in [0, 0.1) is 23.7 Å². The van der Waals surface area contributed by atoms with Gasteiger partial charge in [-0.05, 0) is 78.8 Å². The largest absolute Gasteiger partial charge is 0.507 e. The minimum atomic E-state index is -4.76. The lowest BCUT2D eigenvalue weighted by molar-refractivity contribution is -0.139. The number of carbonyl (C=O) groups excluding carboxylic acids is 4. The van der Waals surface area contributed by atoms with E-state index in [1.165, 1.54) is 4.90 Å². The zero-order chi connectivity index (χ0) is 43.0. The number of para-hydroxylation sites is 1. The number of alkyl halides is 3. The third-order valence-electron chi connectivity index (χ3n) is 12.9. The summed E-state index contributed by atoms with van der Waals surface area (Å²) < 4.78 is 46.2. The van der Waals surface area contributed by atoms with Crippen molar-refractivity contribution < 1.29 is 42.2 Å². The monoisotopic (exact) mass is 871 g/mol. The normalized spacial score (nSPS) is 26.2. The van der Waals surface area contributed by atoms with Gasteiger partial charge in [0.25, 0.3) is 11.8 Å². The molecular weight excluding hydrogens is 834 g/mol. The molecule has 11 nitrogen and oxygen atoms in total. The number of carbonyl (C=O) groups is 4. The van der Waals surface area contributed by atoms with Crippen LogP contribution in [0.15, 0.2) is 103 Å². The average Bonchev–Trinajstić information content (AvgIpc) is 3.63. The number of amides is 4. The number of morpholine rings is 1. The summed E-state index contributed by atoms with van der Waals surface area (Å²) in [5.41, 5.74) is 2.78. The van der Waals surface area contributed by atoms with Crippen LogP contribution < -0.4 is 15.2 Å². The highest BCUT2D eigenvalue weighted by atomic mass is 35.5. The molecule has 314 valence electrons. The number of rotatable bonds is 8. The first-order valence-electron chi connectivity index (χ1n) is 19.8. The van der Waals surface area contributed by atoms with Gasteiger partial charge in [-0.25, -0.2) is 4.98 Å². The second-order valence-corrected chi connectivity index (χ2v) is 16.7. The van der Waals surface area contributed by atoms with Gasteiger partial charge in [-0.15, -0.1) is 6.58 Å². The number of phenolic OH excluding ortho intramolecular Hbond substituents is 1. The van der Waals surface area contributed by atoms with Crippen LogP contribution in [0.25, 0.3) is 0 Å². The number of allylic oxidation sites excluding steroid dienone is 3. The molecule has 3 aliphatic heterocycles. The molecule has 6 atom stereocenters.